The predicted molar refractivity (Wildman–Crippen MR) is 87.6 cm³/mol. The van der Waals surface area contributed by atoms with E-state index in [4.69, 9.17) is 4.74 Å². The van der Waals surface area contributed by atoms with Gasteiger partial charge in [0.2, 0.25) is 0 Å². The molecule has 0 radical (unpaired) electrons. The van der Waals surface area contributed by atoms with Crippen molar-refractivity contribution in [2.45, 2.75) is 6.61 Å². The third-order valence-corrected chi connectivity index (χ3v) is 3.63. The number of hydroxylamine groups is 1. The summed E-state index contributed by atoms with van der Waals surface area (Å²) in [5.74, 6) is 0. The van der Waals surface area contributed by atoms with Crippen molar-refractivity contribution in [2.24, 2.45) is 7.05 Å². The Balaban J connectivity index is 2.06. The van der Waals surface area contributed by atoms with Gasteiger partial charge in [-0.2, -0.15) is 5.10 Å². The quantitative estimate of drug-likeness (QED) is 0.573. The van der Waals surface area contributed by atoms with Crippen molar-refractivity contribution < 1.29 is 9.84 Å². The van der Waals surface area contributed by atoms with Crippen LogP contribution in [0.2, 0.25) is 0 Å². The first-order chi connectivity index (χ1) is 11.1. The van der Waals surface area contributed by atoms with Gasteiger partial charge in [-0.1, -0.05) is 12.1 Å². The Morgan fingerprint density at radius 2 is 2.04 bits per heavy atom. The summed E-state index contributed by atoms with van der Waals surface area (Å²) in [5, 5.41) is 27.1. The lowest BCUT2D eigenvalue weighted by atomic mass is 10.0. The minimum absolute atomic E-state index is 0.0177. The molecule has 23 heavy (non-hydrogen) atoms. The first-order valence-electron chi connectivity index (χ1n) is 7.10. The van der Waals surface area contributed by atoms with E-state index in [0.717, 1.165) is 21.6 Å². The van der Waals surface area contributed by atoms with Gasteiger partial charge in [-0.3, -0.25) is 4.68 Å². The summed E-state index contributed by atoms with van der Waals surface area (Å²) in [6.07, 6.45) is 1.75. The van der Waals surface area contributed by atoms with E-state index < -0.39 is 0 Å². The second-order valence-electron chi connectivity index (χ2n) is 5.17. The minimum atomic E-state index is -0.144. The second kappa shape index (κ2) is 6.33. The lowest BCUT2D eigenvalue weighted by Gasteiger charge is -2.29. The van der Waals surface area contributed by atoms with Gasteiger partial charge in [-0.15, -0.1) is 0 Å². The smallest absolute Gasteiger partial charge is 0.158 e. The van der Waals surface area contributed by atoms with Gasteiger partial charge < -0.3 is 20.1 Å². The highest BCUT2D eigenvalue weighted by atomic mass is 16.6. The summed E-state index contributed by atoms with van der Waals surface area (Å²) in [7, 11) is 3.29. The average molecular weight is 313 g/mol. The number of methoxy groups -OCH3 is 1. The lowest BCUT2D eigenvalue weighted by Crippen LogP contribution is -2.17. The van der Waals surface area contributed by atoms with Crippen LogP contribution in [0.15, 0.2) is 36.5 Å². The van der Waals surface area contributed by atoms with E-state index in [1.165, 1.54) is 7.11 Å². The molecule has 2 heterocycles. The Labute approximate surface area is 133 Å². The van der Waals surface area contributed by atoms with Gasteiger partial charge >= 0.3 is 0 Å². The van der Waals surface area contributed by atoms with Crippen molar-refractivity contribution in [2.75, 3.05) is 18.9 Å². The molecule has 7 nitrogen and oxygen atoms in total. The number of hydrogen-bond acceptors (Lipinski definition) is 6. The van der Waals surface area contributed by atoms with Gasteiger partial charge in [0.1, 0.15) is 6.73 Å². The first kappa shape index (κ1) is 15.4. The molecule has 0 amide bonds. The van der Waals surface area contributed by atoms with E-state index in [9.17, 15) is 10.3 Å². The van der Waals surface area contributed by atoms with Gasteiger partial charge in [-0.05, 0) is 29.3 Å². The maximum Gasteiger partial charge on any atom is 0.158 e. The van der Waals surface area contributed by atoms with E-state index in [2.05, 4.69) is 10.1 Å². The lowest BCUT2D eigenvalue weighted by molar-refractivity contribution is 0.205. The first-order valence-corrected chi connectivity index (χ1v) is 7.10. The van der Waals surface area contributed by atoms with Gasteiger partial charge in [0.15, 0.2) is 5.65 Å². The summed E-state index contributed by atoms with van der Waals surface area (Å²) in [4.78, 5) is 4.39. The Kier molecular flexibility index (Phi) is 4.24. The number of nitrogens with zero attached hydrogens (tertiary/aromatic N) is 4. The fraction of sp³-hybridized carbons (Fsp3) is 0.250. The molecule has 7 heteroatoms. The van der Waals surface area contributed by atoms with E-state index in [1.807, 2.05) is 25.2 Å². The van der Waals surface area contributed by atoms with Crippen LogP contribution in [0.1, 0.15) is 5.69 Å². The summed E-state index contributed by atoms with van der Waals surface area (Å²) < 4.78 is 6.50. The molecule has 0 spiro atoms. The van der Waals surface area contributed by atoms with Crippen LogP contribution in [0.5, 0.6) is 0 Å². The molecular weight excluding hydrogens is 296 g/mol. The molecule has 1 aromatic carbocycles. The normalized spacial score (nSPS) is 11.1. The topological polar surface area (TPSA) is 86.5 Å². The Hall–Kier alpha value is -2.48. The van der Waals surface area contributed by atoms with E-state index in [0.29, 0.717) is 17.0 Å². The fourth-order valence-electron chi connectivity index (χ4n) is 2.49. The zero-order chi connectivity index (χ0) is 16.4. The molecule has 1 N–H and O–H groups in total. The number of rotatable bonds is 5. The SMILES string of the molecule is COCN([O-])c1ccc(-c2cc(CO)nc3c2cnn3C)cc1. The molecule has 3 rings (SSSR count). The summed E-state index contributed by atoms with van der Waals surface area (Å²) in [6.45, 7) is -0.162. The van der Waals surface area contributed by atoms with Crippen LogP contribution in [-0.2, 0) is 18.4 Å². The summed E-state index contributed by atoms with van der Waals surface area (Å²) in [5.41, 5.74) is 3.65. The molecule has 0 atom stereocenters. The monoisotopic (exact) mass is 313 g/mol. The highest BCUT2D eigenvalue weighted by Crippen LogP contribution is 2.30. The van der Waals surface area contributed by atoms with Gasteiger partial charge in [-0.25, -0.2) is 4.98 Å². The predicted octanol–water partition coefficient (Wildman–Crippen LogP) is 2.04. The molecule has 0 aliphatic heterocycles. The van der Waals surface area contributed by atoms with E-state index in [-0.39, 0.29) is 13.3 Å². The van der Waals surface area contributed by atoms with Crippen LogP contribution in [0.3, 0.4) is 0 Å². The molecule has 3 aromatic rings. The number of ether oxygens (including phenoxy) is 1. The second-order valence-corrected chi connectivity index (χ2v) is 5.17. The van der Waals surface area contributed by atoms with Gasteiger partial charge in [0.05, 0.1) is 18.5 Å². The number of aliphatic hydroxyl groups excluding tert-OH is 1. The van der Waals surface area contributed by atoms with Crippen LogP contribution in [0, 0.1) is 5.21 Å². The molecule has 0 fully saturated rings. The number of pyridine rings is 1. The Bertz CT molecular complexity index is 814. The molecule has 0 unspecified atom stereocenters. The average Bonchev–Trinajstić information content (AvgIpc) is 2.95. The highest BCUT2D eigenvalue weighted by Gasteiger charge is 2.11. The number of fused-ring (bicyclic) bond motifs is 1. The van der Waals surface area contributed by atoms with Crippen molar-refractivity contribution in [1.82, 2.24) is 14.8 Å². The molecule has 0 saturated heterocycles. The van der Waals surface area contributed by atoms with Crippen molar-refractivity contribution in [3.8, 4) is 11.1 Å². The highest BCUT2D eigenvalue weighted by molar-refractivity contribution is 5.93. The number of anilines is 1. The van der Waals surface area contributed by atoms with Gasteiger partial charge in [0, 0.05) is 25.2 Å². The van der Waals surface area contributed by atoms with Crippen molar-refractivity contribution >= 4 is 16.7 Å². The number of aliphatic hydroxyl groups is 1. The van der Waals surface area contributed by atoms with Crippen molar-refractivity contribution in [1.29, 1.82) is 0 Å². The summed E-state index contributed by atoms with van der Waals surface area (Å²) in [6, 6.07) is 9.03. The third kappa shape index (κ3) is 2.89. The zero-order valence-corrected chi connectivity index (χ0v) is 12.9. The molecule has 120 valence electrons. The standard InChI is InChI=1S/C16H17N4O3/c1-19-16-15(8-17-19)14(7-12(9-21)18-16)11-3-5-13(6-4-11)20(22)10-23-2/h3-8,21H,9-10H2,1-2H3/q-1. The molecule has 0 bridgehead atoms. The molecule has 0 aliphatic carbocycles. The molecular formula is C16H17N4O3-. The van der Waals surface area contributed by atoms with E-state index in [1.54, 1.807) is 23.0 Å². The van der Waals surface area contributed by atoms with Crippen molar-refractivity contribution in [3.63, 3.8) is 0 Å². The van der Waals surface area contributed by atoms with Crippen LogP contribution in [0.25, 0.3) is 22.2 Å². The number of benzene rings is 1. The number of aromatic nitrogens is 3. The van der Waals surface area contributed by atoms with Crippen molar-refractivity contribution in [3.05, 3.63) is 47.4 Å². The van der Waals surface area contributed by atoms with Crippen LogP contribution in [-0.4, -0.2) is 33.7 Å². The molecule has 0 saturated carbocycles. The number of aryl methyl sites for hydroxylation is 1. The van der Waals surface area contributed by atoms with Crippen LogP contribution in [0.4, 0.5) is 5.69 Å². The third-order valence-electron chi connectivity index (χ3n) is 3.63. The summed E-state index contributed by atoms with van der Waals surface area (Å²) >= 11 is 0. The van der Waals surface area contributed by atoms with Crippen LogP contribution < -0.4 is 5.06 Å². The Morgan fingerprint density at radius 3 is 2.70 bits per heavy atom. The largest absolute Gasteiger partial charge is 0.757 e. The maximum atomic E-state index is 11.7. The van der Waals surface area contributed by atoms with Gasteiger partial charge in [0.25, 0.3) is 0 Å². The Morgan fingerprint density at radius 1 is 1.30 bits per heavy atom. The maximum absolute atomic E-state index is 11.7. The molecule has 0 aliphatic rings. The zero-order valence-electron chi connectivity index (χ0n) is 12.9. The number of hydrogen-bond donors (Lipinski definition) is 1. The minimum Gasteiger partial charge on any atom is -0.757 e. The molecule has 2 aromatic heterocycles. The fourth-order valence-corrected chi connectivity index (χ4v) is 2.49. The van der Waals surface area contributed by atoms with E-state index >= 15 is 0 Å². The van der Waals surface area contributed by atoms with Crippen LogP contribution >= 0.6 is 0 Å².